The topological polar surface area (TPSA) is 129 Å². The summed E-state index contributed by atoms with van der Waals surface area (Å²) in [5.74, 6) is 3.64. The zero-order chi connectivity index (χ0) is 33.3. The summed E-state index contributed by atoms with van der Waals surface area (Å²) >= 11 is 1.55. The molecule has 47 heavy (non-hydrogen) atoms. The Labute approximate surface area is 276 Å². The highest BCUT2D eigenvalue weighted by atomic mass is 32.2. The second-order valence-corrected chi connectivity index (χ2v) is 11.2. The average molecular weight is 661 g/mol. The molecule has 5 aromatic rings. The van der Waals surface area contributed by atoms with Crippen LogP contribution in [0.1, 0.15) is 24.2 Å². The molecule has 0 fully saturated rings. The van der Waals surface area contributed by atoms with E-state index in [0.29, 0.717) is 51.7 Å². The van der Waals surface area contributed by atoms with E-state index in [1.165, 1.54) is 35.5 Å². The molecule has 12 nitrogen and oxygen atoms in total. The smallest absolute Gasteiger partial charge is 0.239 e. The molecule has 2 heterocycles. The van der Waals surface area contributed by atoms with Crippen LogP contribution >= 0.6 is 11.8 Å². The van der Waals surface area contributed by atoms with Gasteiger partial charge in [-0.25, -0.2) is 0 Å². The highest BCUT2D eigenvalue weighted by molar-refractivity contribution is 7.99. The molecule has 0 bridgehead atoms. The average Bonchev–Trinajstić information content (AvgIpc) is 3.46. The first kappa shape index (κ1) is 33.2. The molecule has 0 atom stereocenters. The van der Waals surface area contributed by atoms with Crippen molar-refractivity contribution in [3.05, 3.63) is 76.2 Å². The Kier molecular flexibility index (Phi) is 10.9. The molecular formula is C34H36N4O8S. The van der Waals surface area contributed by atoms with Crippen molar-refractivity contribution < 1.29 is 32.8 Å². The van der Waals surface area contributed by atoms with Crippen LogP contribution in [0.4, 0.5) is 0 Å². The number of hydrogen-bond donors (Lipinski definition) is 0. The maximum absolute atomic E-state index is 14.0. The van der Waals surface area contributed by atoms with Crippen molar-refractivity contribution in [1.82, 2.24) is 14.9 Å². The molecule has 0 amide bonds. The van der Waals surface area contributed by atoms with Crippen molar-refractivity contribution in [1.29, 1.82) is 0 Å². The second-order valence-electron chi connectivity index (χ2n) is 10.1. The zero-order valence-electron chi connectivity index (χ0n) is 27.1. The summed E-state index contributed by atoms with van der Waals surface area (Å²) in [6, 6.07) is 16.5. The molecule has 0 saturated heterocycles. The highest BCUT2D eigenvalue weighted by Crippen LogP contribution is 2.44. The van der Waals surface area contributed by atoms with Crippen LogP contribution in [0, 0.1) is 6.92 Å². The number of rotatable bonds is 15. The second kappa shape index (κ2) is 15.4. The lowest BCUT2D eigenvalue weighted by atomic mass is 10.1. The number of fused-ring (bicyclic) bond motifs is 1. The number of methoxy groups -OCH3 is 5. The van der Waals surface area contributed by atoms with Gasteiger partial charge in [-0.2, -0.15) is 9.78 Å². The fourth-order valence-corrected chi connectivity index (χ4v) is 5.75. The van der Waals surface area contributed by atoms with Crippen molar-refractivity contribution in [3.8, 4) is 45.8 Å². The number of ether oxygens (including phenoxy) is 6. The van der Waals surface area contributed by atoms with Crippen molar-refractivity contribution in [3.63, 3.8) is 0 Å². The van der Waals surface area contributed by atoms with E-state index < -0.39 is 0 Å². The Balaban J connectivity index is 1.38. The molecule has 3 aromatic carbocycles. The third-order valence-electron chi connectivity index (χ3n) is 7.18. The molecule has 246 valence electrons. The van der Waals surface area contributed by atoms with Crippen molar-refractivity contribution in [2.45, 2.75) is 24.9 Å². The van der Waals surface area contributed by atoms with Crippen LogP contribution in [0.3, 0.4) is 0 Å². The first-order valence-corrected chi connectivity index (χ1v) is 15.7. The summed E-state index contributed by atoms with van der Waals surface area (Å²) in [6.45, 7) is 2.11. The Hall–Kier alpha value is -5.17. The van der Waals surface area contributed by atoms with Gasteiger partial charge in [0.05, 0.1) is 48.4 Å². The molecule has 0 spiro atoms. The van der Waals surface area contributed by atoms with E-state index in [2.05, 4.69) is 15.3 Å². The van der Waals surface area contributed by atoms with Crippen LogP contribution < -0.4 is 33.8 Å². The molecule has 0 unspecified atom stereocenters. The lowest BCUT2D eigenvalue weighted by Crippen LogP contribution is -2.12. The van der Waals surface area contributed by atoms with Crippen molar-refractivity contribution >= 4 is 28.9 Å². The molecular weight excluding hydrogens is 624 g/mol. The number of thioether (sulfide) groups is 1. The van der Waals surface area contributed by atoms with Gasteiger partial charge < -0.3 is 32.8 Å². The normalized spacial score (nSPS) is 11.2. The van der Waals surface area contributed by atoms with Gasteiger partial charge in [0.25, 0.3) is 0 Å². The largest absolute Gasteiger partial charge is 0.496 e. The number of benzene rings is 3. The summed E-state index contributed by atoms with van der Waals surface area (Å²) < 4.78 is 41.8. The third kappa shape index (κ3) is 7.30. The van der Waals surface area contributed by atoms with Gasteiger partial charge in [-0.05, 0) is 37.5 Å². The summed E-state index contributed by atoms with van der Waals surface area (Å²) in [5, 5.41) is 13.9. The minimum Gasteiger partial charge on any atom is -0.496 e. The van der Waals surface area contributed by atoms with E-state index in [1.54, 1.807) is 46.9 Å². The zero-order valence-corrected chi connectivity index (χ0v) is 27.9. The van der Waals surface area contributed by atoms with E-state index in [-0.39, 0.29) is 34.5 Å². The van der Waals surface area contributed by atoms with Crippen LogP contribution in [-0.2, 0) is 0 Å². The van der Waals surface area contributed by atoms with Gasteiger partial charge in [-0.3, -0.25) is 4.79 Å². The number of nitrogens with zero attached hydrogens (tertiary/aromatic N) is 4. The summed E-state index contributed by atoms with van der Waals surface area (Å²) in [5.41, 5.74) is 1.36. The van der Waals surface area contributed by atoms with Gasteiger partial charge >= 0.3 is 0 Å². The minimum absolute atomic E-state index is 0.0357. The van der Waals surface area contributed by atoms with Gasteiger partial charge in [-0.15, -0.1) is 10.2 Å². The minimum atomic E-state index is -0.385. The fourth-order valence-electron chi connectivity index (χ4n) is 4.82. The number of aryl methyl sites for hydroxylation is 1. The predicted molar refractivity (Wildman–Crippen MR) is 180 cm³/mol. The Morgan fingerprint density at radius 2 is 1.57 bits per heavy atom. The van der Waals surface area contributed by atoms with Crippen LogP contribution in [0.25, 0.3) is 22.3 Å². The Morgan fingerprint density at radius 1 is 0.851 bits per heavy atom. The number of hydrogen-bond acceptors (Lipinski definition) is 12. The van der Waals surface area contributed by atoms with Gasteiger partial charge in [0.2, 0.25) is 22.1 Å². The predicted octanol–water partition coefficient (Wildman–Crippen LogP) is 6.24. The quantitative estimate of drug-likeness (QED) is 0.0719. The number of aromatic nitrogens is 3. The summed E-state index contributed by atoms with van der Waals surface area (Å²) in [6.07, 6.45) is 3.21. The lowest BCUT2D eigenvalue weighted by molar-refractivity contribution is 0.301. The van der Waals surface area contributed by atoms with Crippen LogP contribution in [-0.4, -0.2) is 69.0 Å². The molecule has 0 radical (unpaired) electrons. The molecule has 5 rings (SSSR count). The molecule has 0 N–H and O–H groups in total. The van der Waals surface area contributed by atoms with E-state index in [9.17, 15) is 4.79 Å². The first-order chi connectivity index (χ1) is 22.9. The Morgan fingerprint density at radius 3 is 2.23 bits per heavy atom. The van der Waals surface area contributed by atoms with Crippen molar-refractivity contribution in [2.75, 3.05) is 47.9 Å². The van der Waals surface area contributed by atoms with E-state index in [0.717, 1.165) is 17.7 Å². The summed E-state index contributed by atoms with van der Waals surface area (Å²) in [4.78, 5) is 14.0. The molecule has 0 aliphatic heterocycles. The van der Waals surface area contributed by atoms with Gasteiger partial charge in [0.15, 0.2) is 23.1 Å². The molecule has 0 saturated carbocycles. The van der Waals surface area contributed by atoms with Gasteiger partial charge in [-0.1, -0.05) is 42.1 Å². The van der Waals surface area contributed by atoms with E-state index in [1.807, 2.05) is 37.3 Å². The maximum atomic E-state index is 14.0. The third-order valence-corrected chi connectivity index (χ3v) is 8.19. The van der Waals surface area contributed by atoms with E-state index in [4.69, 9.17) is 32.8 Å². The van der Waals surface area contributed by atoms with Gasteiger partial charge in [0, 0.05) is 23.4 Å². The maximum Gasteiger partial charge on any atom is 0.239 e. The fraction of sp³-hybridized carbons (Fsp3) is 0.294. The highest BCUT2D eigenvalue weighted by Gasteiger charge is 2.24. The van der Waals surface area contributed by atoms with E-state index >= 15 is 0 Å². The first-order valence-electron chi connectivity index (χ1n) is 14.7. The molecule has 0 aliphatic rings. The van der Waals surface area contributed by atoms with Gasteiger partial charge in [0.1, 0.15) is 22.5 Å². The monoisotopic (exact) mass is 660 g/mol. The SMILES string of the molecule is COc1cc(OC)c2c(=O)c(OCCCCSc3nnc(C)n3N=Cc3ccccc3)c(-c3cc(OC)c(OC)c(OC)c3)oc2c1. The molecule has 2 aromatic heterocycles. The van der Waals surface area contributed by atoms with Crippen LogP contribution in [0.2, 0.25) is 0 Å². The van der Waals surface area contributed by atoms with Crippen molar-refractivity contribution in [2.24, 2.45) is 5.10 Å². The molecule has 0 aliphatic carbocycles. The van der Waals surface area contributed by atoms with Crippen LogP contribution in [0.15, 0.2) is 74.1 Å². The number of unbranched alkanes of at least 4 members (excludes halogenated alkanes) is 1. The standard InChI is InChI=1S/C34H36N4O8S/c1-21-36-37-34(38(21)35-20-22-12-8-7-9-13-22)47-15-11-10-14-45-33-30(39)29-25(41-3)18-24(40-2)19-26(29)46-31(33)23-16-27(42-4)32(44-6)28(17-23)43-5/h7-9,12-13,16-20H,10-11,14-15H2,1-6H3. The summed E-state index contributed by atoms with van der Waals surface area (Å²) in [7, 11) is 7.56. The lowest BCUT2D eigenvalue weighted by Gasteiger charge is -2.17. The Bertz CT molecular complexity index is 1900. The molecule has 13 heteroatoms. The van der Waals surface area contributed by atoms with Crippen LogP contribution in [0.5, 0.6) is 34.5 Å².